The van der Waals surface area contributed by atoms with Crippen LogP contribution in [0.5, 0.6) is 0 Å². The second kappa shape index (κ2) is 8.81. The minimum absolute atomic E-state index is 0.0398. The highest BCUT2D eigenvalue weighted by atomic mass is 16.2. The van der Waals surface area contributed by atoms with Crippen LogP contribution in [0.3, 0.4) is 0 Å². The lowest BCUT2D eigenvalue weighted by atomic mass is 10.1. The monoisotopic (exact) mass is 345 g/mol. The Bertz CT molecular complexity index is 817. The fourth-order valence-corrected chi connectivity index (χ4v) is 2.81. The van der Waals surface area contributed by atoms with Crippen molar-refractivity contribution < 1.29 is 4.79 Å². The fraction of sp³-hybridized carbons (Fsp3) is 0.182. The van der Waals surface area contributed by atoms with Gasteiger partial charge in [-0.3, -0.25) is 4.79 Å². The number of anilines is 2. The Morgan fingerprint density at radius 2 is 1.65 bits per heavy atom. The molecule has 0 saturated heterocycles. The topological polar surface area (TPSA) is 45.2 Å². The van der Waals surface area contributed by atoms with Crippen LogP contribution in [0.25, 0.3) is 0 Å². The molecule has 132 valence electrons. The molecule has 0 aliphatic rings. The van der Waals surface area contributed by atoms with Crippen molar-refractivity contribution in [2.24, 2.45) is 0 Å². The number of para-hydroxylation sites is 1. The summed E-state index contributed by atoms with van der Waals surface area (Å²) in [7, 11) is 0. The van der Waals surface area contributed by atoms with Crippen molar-refractivity contribution in [3.63, 3.8) is 0 Å². The number of nitrogens with zero attached hydrogens (tertiary/aromatic N) is 2. The smallest absolute Gasteiger partial charge is 0.259 e. The highest BCUT2D eigenvalue weighted by Crippen LogP contribution is 2.17. The molecule has 4 heteroatoms. The third-order valence-corrected chi connectivity index (χ3v) is 4.20. The molecule has 0 aliphatic carbocycles. The summed E-state index contributed by atoms with van der Waals surface area (Å²) in [6.07, 6.45) is 2.57. The van der Waals surface area contributed by atoms with Gasteiger partial charge in [-0.25, -0.2) is 4.98 Å². The summed E-state index contributed by atoms with van der Waals surface area (Å²) in [6.45, 7) is 3.38. The fourth-order valence-electron chi connectivity index (χ4n) is 2.81. The molecule has 3 aromatic rings. The van der Waals surface area contributed by atoms with E-state index in [2.05, 4.69) is 22.4 Å². The van der Waals surface area contributed by atoms with E-state index in [1.165, 1.54) is 5.56 Å². The molecule has 26 heavy (non-hydrogen) atoms. The zero-order valence-corrected chi connectivity index (χ0v) is 14.9. The molecular weight excluding hydrogens is 322 g/mol. The first kappa shape index (κ1) is 17.7. The van der Waals surface area contributed by atoms with Crippen LogP contribution < -0.4 is 10.2 Å². The maximum atomic E-state index is 12.8. The Morgan fingerprint density at radius 3 is 2.27 bits per heavy atom. The molecule has 2 aromatic carbocycles. The van der Waals surface area contributed by atoms with E-state index in [0.29, 0.717) is 12.1 Å². The summed E-state index contributed by atoms with van der Waals surface area (Å²) >= 11 is 0. The second-order valence-electron chi connectivity index (χ2n) is 5.98. The molecule has 0 atom stereocenters. The van der Waals surface area contributed by atoms with Crippen LogP contribution in [0.1, 0.15) is 22.8 Å². The van der Waals surface area contributed by atoms with Crippen LogP contribution in [0.4, 0.5) is 11.5 Å². The number of hydrogen-bond donors (Lipinski definition) is 1. The van der Waals surface area contributed by atoms with Gasteiger partial charge in [-0.15, -0.1) is 0 Å². The number of nitrogens with one attached hydrogen (secondary N) is 1. The predicted molar refractivity (Wildman–Crippen MR) is 107 cm³/mol. The quantitative estimate of drug-likeness (QED) is 0.690. The number of pyridine rings is 1. The van der Waals surface area contributed by atoms with Crippen molar-refractivity contribution >= 4 is 17.4 Å². The lowest BCUT2D eigenvalue weighted by molar-refractivity contribution is 0.0988. The van der Waals surface area contributed by atoms with Crippen molar-refractivity contribution in [2.75, 3.05) is 23.3 Å². The van der Waals surface area contributed by atoms with Gasteiger partial charge in [-0.2, -0.15) is 0 Å². The van der Waals surface area contributed by atoms with E-state index in [4.69, 9.17) is 0 Å². The molecule has 0 spiro atoms. The Balaban J connectivity index is 1.60. The highest BCUT2D eigenvalue weighted by molar-refractivity contribution is 6.05. The number of carbonyl (C=O) groups excluding carboxylic acids is 1. The summed E-state index contributed by atoms with van der Waals surface area (Å²) in [5, 5.41) is 3.30. The van der Waals surface area contributed by atoms with Crippen molar-refractivity contribution in [1.82, 2.24) is 4.98 Å². The van der Waals surface area contributed by atoms with Crippen molar-refractivity contribution in [1.29, 1.82) is 0 Å². The third-order valence-electron chi connectivity index (χ3n) is 4.20. The Kier molecular flexibility index (Phi) is 5.99. The number of amides is 1. The maximum absolute atomic E-state index is 12.8. The first-order valence-electron chi connectivity index (χ1n) is 8.88. The van der Waals surface area contributed by atoms with Crippen LogP contribution in [-0.2, 0) is 6.42 Å². The van der Waals surface area contributed by atoms with Gasteiger partial charge in [-0.1, -0.05) is 48.5 Å². The summed E-state index contributed by atoms with van der Waals surface area (Å²) in [5.74, 6) is 0.738. The second-order valence-corrected chi connectivity index (χ2v) is 5.98. The van der Waals surface area contributed by atoms with E-state index in [1.54, 1.807) is 11.1 Å². The molecule has 0 aliphatic heterocycles. The molecule has 3 rings (SSSR count). The van der Waals surface area contributed by atoms with Crippen molar-refractivity contribution in [2.45, 2.75) is 13.3 Å². The van der Waals surface area contributed by atoms with E-state index >= 15 is 0 Å². The Hall–Kier alpha value is -3.14. The lowest BCUT2D eigenvalue weighted by Gasteiger charge is -2.21. The van der Waals surface area contributed by atoms with Crippen LogP contribution in [0.15, 0.2) is 79.0 Å². The molecule has 0 bridgehead atoms. The Labute approximate surface area is 154 Å². The van der Waals surface area contributed by atoms with Crippen LogP contribution in [-0.4, -0.2) is 24.0 Å². The minimum atomic E-state index is -0.0398. The first-order valence-corrected chi connectivity index (χ1v) is 8.88. The van der Waals surface area contributed by atoms with E-state index in [-0.39, 0.29) is 5.91 Å². The number of carbonyl (C=O) groups is 1. The molecule has 0 unspecified atom stereocenters. The molecule has 0 saturated carbocycles. The molecule has 1 heterocycles. The van der Waals surface area contributed by atoms with Crippen molar-refractivity contribution in [3.05, 3.63) is 90.1 Å². The number of aromatic nitrogens is 1. The van der Waals surface area contributed by atoms with E-state index in [1.807, 2.05) is 67.6 Å². The zero-order valence-electron chi connectivity index (χ0n) is 14.9. The minimum Gasteiger partial charge on any atom is -0.370 e. The van der Waals surface area contributed by atoms with Crippen molar-refractivity contribution in [3.8, 4) is 0 Å². The number of rotatable bonds is 7. The molecular formula is C22H23N3O. The SMILES string of the molecule is CCN(C(=O)c1ccc(NCCc2ccccc2)nc1)c1ccccc1. The van der Waals surface area contributed by atoms with Crippen LogP contribution >= 0.6 is 0 Å². The van der Waals surface area contributed by atoms with Crippen LogP contribution in [0.2, 0.25) is 0 Å². The largest absolute Gasteiger partial charge is 0.370 e. The third kappa shape index (κ3) is 4.48. The van der Waals surface area contributed by atoms with Gasteiger partial charge in [0, 0.05) is 25.0 Å². The molecule has 1 N–H and O–H groups in total. The molecule has 0 fully saturated rings. The maximum Gasteiger partial charge on any atom is 0.259 e. The van der Waals surface area contributed by atoms with Gasteiger partial charge in [0.2, 0.25) is 0 Å². The summed E-state index contributed by atoms with van der Waals surface area (Å²) < 4.78 is 0. The first-order chi connectivity index (χ1) is 12.8. The van der Waals surface area contributed by atoms with Gasteiger partial charge >= 0.3 is 0 Å². The summed E-state index contributed by atoms with van der Waals surface area (Å²) in [6, 6.07) is 23.7. The predicted octanol–water partition coefficient (Wildman–Crippen LogP) is 4.40. The molecule has 1 amide bonds. The lowest BCUT2D eigenvalue weighted by Crippen LogP contribution is -2.30. The average Bonchev–Trinajstić information content (AvgIpc) is 2.71. The summed E-state index contributed by atoms with van der Waals surface area (Å²) in [4.78, 5) is 18.9. The normalized spacial score (nSPS) is 10.3. The van der Waals surface area contributed by atoms with Gasteiger partial charge in [0.1, 0.15) is 5.82 Å². The number of benzene rings is 2. The van der Waals surface area contributed by atoms with E-state index < -0.39 is 0 Å². The van der Waals surface area contributed by atoms with Gasteiger partial charge in [-0.05, 0) is 43.2 Å². The molecule has 1 aromatic heterocycles. The Morgan fingerprint density at radius 1 is 0.962 bits per heavy atom. The number of hydrogen-bond acceptors (Lipinski definition) is 3. The average molecular weight is 345 g/mol. The van der Waals surface area contributed by atoms with Gasteiger partial charge in [0.25, 0.3) is 5.91 Å². The van der Waals surface area contributed by atoms with E-state index in [0.717, 1.165) is 24.5 Å². The highest BCUT2D eigenvalue weighted by Gasteiger charge is 2.16. The van der Waals surface area contributed by atoms with Crippen LogP contribution in [0, 0.1) is 0 Å². The summed E-state index contributed by atoms with van der Waals surface area (Å²) in [5.41, 5.74) is 2.77. The zero-order chi connectivity index (χ0) is 18.2. The standard InChI is InChI=1S/C22H23N3O/c1-2-25(20-11-7-4-8-12-20)22(26)19-13-14-21(24-17-19)23-16-15-18-9-5-3-6-10-18/h3-14,17H,2,15-16H2,1H3,(H,23,24). The van der Waals surface area contributed by atoms with Gasteiger partial charge in [0.15, 0.2) is 0 Å². The molecule has 4 nitrogen and oxygen atoms in total. The van der Waals surface area contributed by atoms with Gasteiger partial charge in [0.05, 0.1) is 5.56 Å². The van der Waals surface area contributed by atoms with E-state index in [9.17, 15) is 4.79 Å². The molecule has 0 radical (unpaired) electrons. The van der Waals surface area contributed by atoms with Gasteiger partial charge < -0.3 is 10.2 Å².